The van der Waals surface area contributed by atoms with Gasteiger partial charge in [-0.05, 0) is 32.6 Å². The maximum absolute atomic E-state index is 12.5. The van der Waals surface area contributed by atoms with Crippen LogP contribution in [-0.2, 0) is 6.54 Å². The number of piperidine rings is 1. The van der Waals surface area contributed by atoms with Gasteiger partial charge in [0.2, 0.25) is 0 Å². The molecule has 2 aromatic rings. The Hall–Kier alpha value is -1.96. The van der Waals surface area contributed by atoms with Crippen molar-refractivity contribution in [3.05, 3.63) is 24.4 Å². The average Bonchev–Trinajstić information content (AvgIpc) is 3.17. The van der Waals surface area contributed by atoms with Crippen LogP contribution in [0.3, 0.4) is 0 Å². The summed E-state index contributed by atoms with van der Waals surface area (Å²) in [6, 6.07) is 0.231. The Kier molecular flexibility index (Phi) is 4.67. The Bertz CT molecular complexity index is 611. The van der Waals surface area contributed by atoms with Crippen molar-refractivity contribution in [1.82, 2.24) is 24.0 Å². The fourth-order valence-corrected chi connectivity index (χ4v) is 3.31. The molecule has 22 heavy (non-hydrogen) atoms. The Morgan fingerprint density at radius 1 is 1.50 bits per heavy atom. The molecule has 118 valence electrons. The highest BCUT2D eigenvalue weighted by atomic mass is 32.1. The van der Waals surface area contributed by atoms with Crippen LogP contribution in [0.15, 0.2) is 18.6 Å². The predicted octanol–water partition coefficient (Wildman–Crippen LogP) is 2.52. The predicted molar refractivity (Wildman–Crippen MR) is 84.9 cm³/mol. The zero-order chi connectivity index (χ0) is 15.4. The van der Waals surface area contributed by atoms with Crippen molar-refractivity contribution >= 4 is 22.6 Å². The van der Waals surface area contributed by atoms with Gasteiger partial charge in [-0.25, -0.2) is 9.78 Å². The third kappa shape index (κ3) is 3.44. The number of amides is 2. The van der Waals surface area contributed by atoms with E-state index in [0.29, 0.717) is 5.00 Å². The van der Waals surface area contributed by atoms with Gasteiger partial charge in [-0.2, -0.15) is 0 Å². The number of anilines is 1. The second kappa shape index (κ2) is 6.87. The molecule has 2 aromatic heterocycles. The number of aromatic nitrogens is 4. The third-order valence-electron chi connectivity index (χ3n) is 4.11. The minimum absolute atomic E-state index is 0.0434. The van der Waals surface area contributed by atoms with E-state index in [9.17, 15) is 4.79 Å². The number of urea groups is 1. The van der Waals surface area contributed by atoms with E-state index >= 15 is 0 Å². The van der Waals surface area contributed by atoms with Crippen LogP contribution in [0.1, 0.15) is 31.5 Å². The highest BCUT2D eigenvalue weighted by molar-refractivity contribution is 7.10. The molecule has 1 aliphatic heterocycles. The Morgan fingerprint density at radius 2 is 2.41 bits per heavy atom. The summed E-state index contributed by atoms with van der Waals surface area (Å²) in [6.45, 7) is 3.70. The molecule has 1 N–H and O–H groups in total. The van der Waals surface area contributed by atoms with Crippen LogP contribution in [0.2, 0.25) is 0 Å². The minimum Gasteiger partial charge on any atom is -0.335 e. The van der Waals surface area contributed by atoms with Gasteiger partial charge in [0.05, 0.1) is 6.20 Å². The Labute approximate surface area is 133 Å². The molecule has 0 aromatic carbocycles. The van der Waals surface area contributed by atoms with Gasteiger partial charge in [0.25, 0.3) is 0 Å². The summed E-state index contributed by atoms with van der Waals surface area (Å²) in [5, 5.41) is 7.33. The molecule has 0 aliphatic carbocycles. The van der Waals surface area contributed by atoms with Crippen LogP contribution >= 0.6 is 11.5 Å². The molecule has 3 heterocycles. The van der Waals surface area contributed by atoms with E-state index in [0.717, 1.165) is 38.2 Å². The fourth-order valence-electron chi connectivity index (χ4n) is 2.90. The second-order valence-electron chi connectivity index (χ2n) is 5.51. The molecule has 1 fully saturated rings. The number of carbonyl (C=O) groups excluding carboxylic acids is 1. The molecule has 2 amide bonds. The summed E-state index contributed by atoms with van der Waals surface area (Å²) >= 11 is 1.20. The number of nitrogens with one attached hydrogen (secondary N) is 1. The quantitative estimate of drug-likeness (QED) is 0.939. The number of carbonyl (C=O) groups is 1. The zero-order valence-corrected chi connectivity index (χ0v) is 13.4. The number of likely N-dealkylation sites (tertiary alicyclic amines) is 1. The molecule has 0 spiro atoms. The van der Waals surface area contributed by atoms with Crippen LogP contribution in [-0.4, -0.2) is 42.7 Å². The number of aryl methyl sites for hydroxylation is 2. The van der Waals surface area contributed by atoms with E-state index in [1.807, 2.05) is 24.2 Å². The summed E-state index contributed by atoms with van der Waals surface area (Å²) in [5.74, 6) is 1.02. The topological polar surface area (TPSA) is 75.9 Å². The summed E-state index contributed by atoms with van der Waals surface area (Å²) in [4.78, 5) is 18.6. The maximum Gasteiger partial charge on any atom is 0.322 e. The van der Waals surface area contributed by atoms with E-state index in [4.69, 9.17) is 0 Å². The van der Waals surface area contributed by atoms with Crippen LogP contribution in [0.5, 0.6) is 0 Å². The molecule has 8 heteroatoms. The zero-order valence-electron chi connectivity index (χ0n) is 12.6. The first-order valence-electron chi connectivity index (χ1n) is 7.57. The SMILES string of the molecule is Cc1nccn1CCC1CCCCN1C(=O)Nc1cnns1. The lowest BCUT2D eigenvalue weighted by atomic mass is 10.00. The largest absolute Gasteiger partial charge is 0.335 e. The number of hydrogen-bond acceptors (Lipinski definition) is 5. The summed E-state index contributed by atoms with van der Waals surface area (Å²) < 4.78 is 5.90. The molecule has 0 bridgehead atoms. The van der Waals surface area contributed by atoms with Gasteiger partial charge < -0.3 is 9.47 Å². The van der Waals surface area contributed by atoms with Crippen LogP contribution in [0.25, 0.3) is 0 Å². The van der Waals surface area contributed by atoms with Gasteiger partial charge in [-0.3, -0.25) is 5.32 Å². The molecule has 0 saturated carbocycles. The first-order valence-corrected chi connectivity index (χ1v) is 8.34. The molecule has 1 unspecified atom stereocenters. The van der Waals surface area contributed by atoms with Crippen molar-refractivity contribution in [2.45, 2.75) is 45.2 Å². The number of rotatable bonds is 4. The molecule has 1 atom stereocenters. The van der Waals surface area contributed by atoms with Crippen LogP contribution < -0.4 is 5.32 Å². The van der Waals surface area contributed by atoms with E-state index in [1.54, 1.807) is 6.20 Å². The molecule has 3 rings (SSSR count). The fraction of sp³-hybridized carbons (Fsp3) is 0.571. The lowest BCUT2D eigenvalue weighted by molar-refractivity contribution is 0.155. The van der Waals surface area contributed by atoms with Gasteiger partial charge in [0.1, 0.15) is 10.8 Å². The first kappa shape index (κ1) is 15.0. The lowest BCUT2D eigenvalue weighted by Crippen LogP contribution is -2.46. The van der Waals surface area contributed by atoms with Crippen LogP contribution in [0.4, 0.5) is 9.80 Å². The molecule has 7 nitrogen and oxygen atoms in total. The summed E-state index contributed by atoms with van der Waals surface area (Å²) in [7, 11) is 0. The van der Waals surface area contributed by atoms with Crippen molar-refractivity contribution in [1.29, 1.82) is 0 Å². The van der Waals surface area contributed by atoms with Gasteiger partial charge in [0, 0.05) is 43.1 Å². The number of imidazole rings is 1. The van der Waals surface area contributed by atoms with Gasteiger partial charge in [0.15, 0.2) is 0 Å². The maximum atomic E-state index is 12.5. The molecule has 1 aliphatic rings. The molecule has 1 saturated heterocycles. The smallest absolute Gasteiger partial charge is 0.322 e. The standard InChI is InChI=1S/C14H20N6OS/c1-11-15-6-9-19(11)8-5-12-4-2-3-7-20(12)14(21)17-13-10-16-18-22-13/h6,9-10,12H,2-5,7-8H2,1H3,(H,17,21). The second-order valence-corrected chi connectivity index (χ2v) is 6.30. The summed E-state index contributed by atoms with van der Waals surface area (Å²) in [6.07, 6.45) is 9.64. The lowest BCUT2D eigenvalue weighted by Gasteiger charge is -2.35. The van der Waals surface area contributed by atoms with E-state index in [-0.39, 0.29) is 12.1 Å². The molecule has 0 radical (unpaired) electrons. The van der Waals surface area contributed by atoms with E-state index in [2.05, 4.69) is 24.5 Å². The van der Waals surface area contributed by atoms with Crippen molar-refractivity contribution in [3.8, 4) is 0 Å². The van der Waals surface area contributed by atoms with Crippen molar-refractivity contribution in [3.63, 3.8) is 0 Å². The van der Waals surface area contributed by atoms with Crippen molar-refractivity contribution in [2.24, 2.45) is 0 Å². The van der Waals surface area contributed by atoms with Gasteiger partial charge in [-0.15, -0.1) is 5.10 Å². The molecular weight excluding hydrogens is 300 g/mol. The first-order chi connectivity index (χ1) is 10.7. The van der Waals surface area contributed by atoms with Gasteiger partial charge in [-0.1, -0.05) is 4.49 Å². The Morgan fingerprint density at radius 3 is 3.14 bits per heavy atom. The minimum atomic E-state index is -0.0434. The summed E-state index contributed by atoms with van der Waals surface area (Å²) in [5.41, 5.74) is 0. The van der Waals surface area contributed by atoms with Crippen molar-refractivity contribution < 1.29 is 4.79 Å². The molecular formula is C14H20N6OS. The number of nitrogens with zero attached hydrogens (tertiary/aromatic N) is 5. The highest BCUT2D eigenvalue weighted by Crippen LogP contribution is 2.22. The highest BCUT2D eigenvalue weighted by Gasteiger charge is 2.26. The van der Waals surface area contributed by atoms with Crippen molar-refractivity contribution in [2.75, 3.05) is 11.9 Å². The van der Waals surface area contributed by atoms with E-state index in [1.165, 1.54) is 18.0 Å². The number of hydrogen-bond donors (Lipinski definition) is 1. The average molecular weight is 320 g/mol. The van der Waals surface area contributed by atoms with Gasteiger partial charge >= 0.3 is 6.03 Å². The van der Waals surface area contributed by atoms with Crippen LogP contribution in [0, 0.1) is 6.92 Å². The Balaban J connectivity index is 1.60. The third-order valence-corrected chi connectivity index (χ3v) is 4.69. The normalized spacial score (nSPS) is 18.4. The van der Waals surface area contributed by atoms with E-state index < -0.39 is 0 Å². The monoisotopic (exact) mass is 320 g/mol.